The van der Waals surface area contributed by atoms with E-state index in [4.69, 9.17) is 0 Å². The van der Waals surface area contributed by atoms with Crippen LogP contribution in [0.1, 0.15) is 0 Å². The maximum absolute atomic E-state index is 11.0. The number of nitrogens with zero attached hydrogens (tertiary/aromatic N) is 1. The first-order valence-corrected chi connectivity index (χ1v) is 3.08. The van der Waals surface area contributed by atoms with Crippen molar-refractivity contribution in [1.82, 2.24) is 4.90 Å². The summed E-state index contributed by atoms with van der Waals surface area (Å²) in [6.07, 6.45) is 1.07. The van der Waals surface area contributed by atoms with Crippen LogP contribution in [0.5, 0.6) is 0 Å². The topological polar surface area (TPSA) is 37.4 Å². The number of likely N-dealkylation sites (N-methyl/N-ethyl adjacent to an activating group) is 1. The molecule has 11 heavy (non-hydrogen) atoms. The van der Waals surface area contributed by atoms with Gasteiger partial charge in [0.1, 0.15) is 0 Å². The number of amides is 1. The summed E-state index contributed by atoms with van der Waals surface area (Å²) in [7, 11) is 3.12. The Balaban J connectivity index is 4.38. The number of ketones is 1. The highest BCUT2D eigenvalue weighted by atomic mass is 16.2. The normalized spacial score (nSPS) is 8.55. The fourth-order valence-corrected chi connectivity index (χ4v) is 0.499. The van der Waals surface area contributed by atoms with Gasteiger partial charge >= 0.3 is 0 Å². The van der Waals surface area contributed by atoms with Crippen molar-refractivity contribution in [1.29, 1.82) is 0 Å². The number of allylic oxidation sites excluding steroid dienone is 1. The fourth-order valence-electron chi connectivity index (χ4n) is 0.499. The second-order valence-electron chi connectivity index (χ2n) is 2.25. The molecule has 0 atom stereocenters. The second-order valence-corrected chi connectivity index (χ2v) is 2.25. The molecular formula is C8H11NO2. The van der Waals surface area contributed by atoms with E-state index >= 15 is 0 Å². The van der Waals surface area contributed by atoms with Crippen molar-refractivity contribution in [2.24, 2.45) is 0 Å². The van der Waals surface area contributed by atoms with Crippen LogP contribution in [0.3, 0.4) is 0 Å². The molecule has 0 spiro atoms. The number of hydrogen-bond acceptors (Lipinski definition) is 2. The van der Waals surface area contributed by atoms with E-state index in [2.05, 4.69) is 13.2 Å². The minimum absolute atomic E-state index is 0.0509. The molecule has 0 rings (SSSR count). The average molecular weight is 153 g/mol. The summed E-state index contributed by atoms with van der Waals surface area (Å²) in [5.74, 6) is -0.807. The van der Waals surface area contributed by atoms with E-state index in [-0.39, 0.29) is 11.5 Å². The van der Waals surface area contributed by atoms with Gasteiger partial charge in [0.25, 0.3) is 5.91 Å². The Bertz CT molecular complexity index is 216. The number of carbonyl (C=O) groups is 2. The molecule has 0 heterocycles. The van der Waals surface area contributed by atoms with Crippen molar-refractivity contribution in [2.45, 2.75) is 0 Å². The first kappa shape index (κ1) is 9.62. The minimum atomic E-state index is -0.427. The van der Waals surface area contributed by atoms with E-state index in [1.807, 2.05) is 0 Å². The van der Waals surface area contributed by atoms with Gasteiger partial charge in [-0.1, -0.05) is 13.2 Å². The van der Waals surface area contributed by atoms with Crippen LogP contribution < -0.4 is 0 Å². The standard InChI is InChI=1S/C8H11NO2/c1-5-7(10)6(2)8(11)9(3)4/h5H,1-2H2,3-4H3. The van der Waals surface area contributed by atoms with Crippen LogP contribution in [0, 0.1) is 0 Å². The minimum Gasteiger partial charge on any atom is -0.345 e. The quantitative estimate of drug-likeness (QED) is 0.334. The molecule has 0 unspecified atom stereocenters. The maximum Gasteiger partial charge on any atom is 0.256 e. The summed E-state index contributed by atoms with van der Waals surface area (Å²) < 4.78 is 0. The molecule has 1 amide bonds. The third-order valence-corrected chi connectivity index (χ3v) is 1.15. The van der Waals surface area contributed by atoms with Gasteiger partial charge in [-0.05, 0) is 6.08 Å². The van der Waals surface area contributed by atoms with Crippen LogP contribution in [0.15, 0.2) is 24.8 Å². The van der Waals surface area contributed by atoms with Gasteiger partial charge in [0, 0.05) is 14.1 Å². The third-order valence-electron chi connectivity index (χ3n) is 1.15. The zero-order chi connectivity index (χ0) is 9.02. The number of rotatable bonds is 3. The summed E-state index contributed by atoms with van der Waals surface area (Å²) >= 11 is 0. The smallest absolute Gasteiger partial charge is 0.256 e. The van der Waals surface area contributed by atoms with Gasteiger partial charge in [0.05, 0.1) is 5.57 Å². The Morgan fingerprint density at radius 1 is 1.36 bits per heavy atom. The van der Waals surface area contributed by atoms with Crippen molar-refractivity contribution in [2.75, 3.05) is 14.1 Å². The summed E-state index contributed by atoms with van der Waals surface area (Å²) in [6, 6.07) is 0. The number of hydrogen-bond donors (Lipinski definition) is 0. The Morgan fingerprint density at radius 2 is 1.82 bits per heavy atom. The molecule has 0 radical (unpaired) electrons. The lowest BCUT2D eigenvalue weighted by atomic mass is 10.2. The molecule has 60 valence electrons. The predicted octanol–water partition coefficient (Wildman–Crippen LogP) is 0.386. The van der Waals surface area contributed by atoms with E-state index < -0.39 is 5.78 Å². The highest BCUT2D eigenvalue weighted by Gasteiger charge is 2.13. The average Bonchev–Trinajstić information content (AvgIpc) is 2.00. The van der Waals surface area contributed by atoms with Crippen molar-refractivity contribution in [3.05, 3.63) is 24.8 Å². The van der Waals surface area contributed by atoms with Gasteiger partial charge in [0.2, 0.25) is 0 Å². The molecule has 0 aromatic rings. The van der Waals surface area contributed by atoms with Crippen LogP contribution >= 0.6 is 0 Å². The van der Waals surface area contributed by atoms with Crippen LogP contribution in [0.4, 0.5) is 0 Å². The monoisotopic (exact) mass is 153 g/mol. The largest absolute Gasteiger partial charge is 0.345 e. The lowest BCUT2D eigenvalue weighted by molar-refractivity contribution is -0.126. The molecule has 0 aliphatic carbocycles. The van der Waals surface area contributed by atoms with Crippen molar-refractivity contribution in [3.63, 3.8) is 0 Å². The van der Waals surface area contributed by atoms with Gasteiger partial charge in [-0.2, -0.15) is 0 Å². The molecule has 3 nitrogen and oxygen atoms in total. The Morgan fingerprint density at radius 3 is 2.09 bits per heavy atom. The third kappa shape index (κ3) is 2.37. The Hall–Kier alpha value is -1.38. The van der Waals surface area contributed by atoms with Gasteiger partial charge in [0.15, 0.2) is 5.78 Å². The lowest BCUT2D eigenvalue weighted by Gasteiger charge is -2.09. The Labute approximate surface area is 66.0 Å². The first-order valence-electron chi connectivity index (χ1n) is 3.08. The fraction of sp³-hybridized carbons (Fsp3) is 0.250. The van der Waals surface area contributed by atoms with Gasteiger partial charge in [-0.15, -0.1) is 0 Å². The van der Waals surface area contributed by atoms with Gasteiger partial charge < -0.3 is 4.90 Å². The van der Waals surface area contributed by atoms with Gasteiger partial charge in [-0.25, -0.2) is 0 Å². The zero-order valence-electron chi connectivity index (χ0n) is 6.76. The Kier molecular flexibility index (Phi) is 3.24. The second kappa shape index (κ2) is 3.71. The van der Waals surface area contributed by atoms with E-state index in [0.29, 0.717) is 0 Å². The summed E-state index contributed by atoms with van der Waals surface area (Å²) in [6.45, 7) is 6.58. The van der Waals surface area contributed by atoms with Crippen molar-refractivity contribution in [3.8, 4) is 0 Å². The van der Waals surface area contributed by atoms with Crippen LogP contribution in [-0.2, 0) is 9.59 Å². The first-order chi connectivity index (χ1) is 5.00. The van der Waals surface area contributed by atoms with Crippen LogP contribution in [-0.4, -0.2) is 30.7 Å². The molecule has 0 saturated heterocycles. The van der Waals surface area contributed by atoms with Crippen molar-refractivity contribution < 1.29 is 9.59 Å². The molecule has 0 fully saturated rings. The lowest BCUT2D eigenvalue weighted by Crippen LogP contribution is -2.25. The predicted molar refractivity (Wildman–Crippen MR) is 43.0 cm³/mol. The summed E-state index contributed by atoms with van der Waals surface area (Å²) in [4.78, 5) is 23.1. The molecule has 0 N–H and O–H groups in total. The highest BCUT2D eigenvalue weighted by molar-refractivity contribution is 6.22. The van der Waals surface area contributed by atoms with E-state index in [1.165, 1.54) is 4.90 Å². The van der Waals surface area contributed by atoms with E-state index in [0.717, 1.165) is 6.08 Å². The SMILES string of the molecule is C=CC(=O)C(=C)C(=O)N(C)C. The molecule has 0 aromatic carbocycles. The summed E-state index contributed by atoms with van der Waals surface area (Å²) in [5, 5.41) is 0. The zero-order valence-corrected chi connectivity index (χ0v) is 6.76. The maximum atomic E-state index is 11.0. The molecule has 0 aliphatic heterocycles. The van der Waals surface area contributed by atoms with Crippen molar-refractivity contribution >= 4 is 11.7 Å². The molecule has 0 aromatic heterocycles. The molecule has 0 aliphatic rings. The van der Waals surface area contributed by atoms with Gasteiger partial charge in [-0.3, -0.25) is 9.59 Å². The molecule has 3 heteroatoms. The van der Waals surface area contributed by atoms with E-state index in [1.54, 1.807) is 14.1 Å². The summed E-state index contributed by atoms with van der Waals surface area (Å²) in [5.41, 5.74) is -0.0509. The van der Waals surface area contributed by atoms with Crippen LogP contribution in [0.2, 0.25) is 0 Å². The molecule has 0 bridgehead atoms. The van der Waals surface area contributed by atoms with E-state index in [9.17, 15) is 9.59 Å². The molecular weight excluding hydrogens is 142 g/mol. The highest BCUT2D eigenvalue weighted by Crippen LogP contribution is 1.97. The van der Waals surface area contributed by atoms with Crippen LogP contribution in [0.25, 0.3) is 0 Å². The number of carbonyl (C=O) groups excluding carboxylic acids is 2. The molecule has 0 saturated carbocycles.